The third-order valence-corrected chi connectivity index (χ3v) is 3.31. The number of hydrogen-bond donors (Lipinski definition) is 1. The predicted molar refractivity (Wildman–Crippen MR) is 70.1 cm³/mol. The van der Waals surface area contributed by atoms with E-state index in [1.165, 1.54) is 6.42 Å². The van der Waals surface area contributed by atoms with Crippen LogP contribution < -0.4 is 4.74 Å². The molecular weight excluding hydrogens is 213 g/mol. The molecule has 2 rings (SSSR count). The Morgan fingerprint density at radius 1 is 1.41 bits per heavy atom. The van der Waals surface area contributed by atoms with Gasteiger partial charge in [-0.3, -0.25) is 0 Å². The lowest BCUT2D eigenvalue weighted by Crippen LogP contribution is -2.45. The summed E-state index contributed by atoms with van der Waals surface area (Å²) in [5, 5.41) is 9.57. The van der Waals surface area contributed by atoms with Crippen molar-refractivity contribution in [3.63, 3.8) is 0 Å². The van der Waals surface area contributed by atoms with Gasteiger partial charge in [-0.05, 0) is 44.9 Å². The number of ether oxygens (including phenoxy) is 1. The highest BCUT2D eigenvalue weighted by Crippen LogP contribution is 2.18. The molecule has 1 aromatic rings. The Morgan fingerprint density at radius 3 is 2.88 bits per heavy atom. The molecule has 1 unspecified atom stereocenters. The Balaban J connectivity index is 1.79. The van der Waals surface area contributed by atoms with E-state index in [1.54, 1.807) is 0 Å². The molecule has 0 amide bonds. The number of rotatable bonds is 4. The van der Waals surface area contributed by atoms with Gasteiger partial charge in [0, 0.05) is 5.92 Å². The van der Waals surface area contributed by atoms with Gasteiger partial charge in [-0.15, -0.1) is 0 Å². The average Bonchev–Trinajstić information content (AvgIpc) is 2.38. The summed E-state index contributed by atoms with van der Waals surface area (Å²) in [4.78, 5) is 2.11. The Kier molecular flexibility index (Phi) is 4.46. The van der Waals surface area contributed by atoms with E-state index in [9.17, 15) is 5.02 Å². The van der Waals surface area contributed by atoms with Crippen LogP contribution >= 0.6 is 0 Å². The highest BCUT2D eigenvalue weighted by molar-refractivity contribution is 6.45. The molecule has 0 aromatic heterocycles. The minimum atomic E-state index is -0.338. The highest BCUT2D eigenvalue weighted by atomic mass is 16.5. The average molecular weight is 233 g/mol. The molecule has 0 saturated carbocycles. The normalized spacial score (nSPS) is 21.2. The van der Waals surface area contributed by atoms with Gasteiger partial charge >= 0.3 is 7.05 Å². The second-order valence-electron chi connectivity index (χ2n) is 4.76. The molecule has 1 fully saturated rings. The Hall–Kier alpha value is -0.995. The molecule has 0 spiro atoms. The van der Waals surface area contributed by atoms with Crippen molar-refractivity contribution in [2.75, 3.05) is 19.7 Å². The molecule has 0 radical (unpaired) electrons. The zero-order valence-corrected chi connectivity index (χ0v) is 10.4. The maximum atomic E-state index is 9.57. The van der Waals surface area contributed by atoms with E-state index in [0.29, 0.717) is 5.92 Å². The fourth-order valence-corrected chi connectivity index (χ4v) is 2.30. The molecule has 17 heavy (non-hydrogen) atoms. The standard InChI is InChI=1S/C13H20BNO2/c1-14(16)15-9-5-6-12(10-15)11-17-13-7-3-2-4-8-13/h2-4,7-8,12,16H,5-6,9-11H2,1H3. The molecule has 0 bridgehead atoms. The summed E-state index contributed by atoms with van der Waals surface area (Å²) >= 11 is 0. The first-order chi connectivity index (χ1) is 8.25. The summed E-state index contributed by atoms with van der Waals surface area (Å²) in [6, 6.07) is 9.92. The van der Waals surface area contributed by atoms with Crippen molar-refractivity contribution in [2.45, 2.75) is 19.7 Å². The number of para-hydroxylation sites is 1. The smallest absolute Gasteiger partial charge is 0.376 e. The van der Waals surface area contributed by atoms with Crippen LogP contribution in [0.5, 0.6) is 5.75 Å². The fourth-order valence-electron chi connectivity index (χ4n) is 2.30. The Bertz CT molecular complexity index is 331. The maximum absolute atomic E-state index is 9.57. The molecule has 3 nitrogen and oxygen atoms in total. The number of nitrogens with zero attached hydrogens (tertiary/aromatic N) is 1. The van der Waals surface area contributed by atoms with Gasteiger partial charge in [0.15, 0.2) is 0 Å². The number of hydrogen-bond acceptors (Lipinski definition) is 3. The van der Waals surface area contributed by atoms with Crippen molar-refractivity contribution < 1.29 is 9.76 Å². The van der Waals surface area contributed by atoms with Crippen molar-refractivity contribution in [1.29, 1.82) is 0 Å². The maximum Gasteiger partial charge on any atom is 0.376 e. The first-order valence-electron chi connectivity index (χ1n) is 6.35. The van der Waals surface area contributed by atoms with Crippen LogP contribution in [0.2, 0.25) is 6.82 Å². The van der Waals surface area contributed by atoms with Gasteiger partial charge in [0.05, 0.1) is 6.61 Å². The molecule has 4 heteroatoms. The van der Waals surface area contributed by atoms with E-state index in [2.05, 4.69) is 4.81 Å². The third kappa shape index (κ3) is 3.75. The van der Waals surface area contributed by atoms with Crippen molar-refractivity contribution in [3.8, 4) is 5.75 Å². The second-order valence-corrected chi connectivity index (χ2v) is 4.76. The monoisotopic (exact) mass is 233 g/mol. The van der Waals surface area contributed by atoms with Gasteiger partial charge in [0.1, 0.15) is 5.75 Å². The summed E-state index contributed by atoms with van der Waals surface area (Å²) in [5.74, 6) is 1.46. The fraction of sp³-hybridized carbons (Fsp3) is 0.538. The van der Waals surface area contributed by atoms with Gasteiger partial charge in [-0.2, -0.15) is 0 Å². The molecule has 1 aliphatic rings. The third-order valence-electron chi connectivity index (χ3n) is 3.31. The Morgan fingerprint density at radius 2 is 2.18 bits per heavy atom. The van der Waals surface area contributed by atoms with Crippen LogP contribution in [0.1, 0.15) is 12.8 Å². The molecule has 1 saturated heterocycles. The van der Waals surface area contributed by atoms with Crippen LogP contribution in [0.3, 0.4) is 0 Å². The molecule has 1 aromatic carbocycles. The number of benzene rings is 1. The molecule has 1 aliphatic heterocycles. The summed E-state index contributed by atoms with van der Waals surface area (Å²) in [5.41, 5.74) is 0. The van der Waals surface area contributed by atoms with Crippen molar-refractivity contribution in [2.24, 2.45) is 5.92 Å². The summed E-state index contributed by atoms with van der Waals surface area (Å²) in [6.07, 6.45) is 2.34. The minimum Gasteiger partial charge on any atom is -0.493 e. The lowest BCUT2D eigenvalue weighted by atomic mass is 9.81. The molecular formula is C13H20BNO2. The van der Waals surface area contributed by atoms with E-state index in [4.69, 9.17) is 4.74 Å². The largest absolute Gasteiger partial charge is 0.493 e. The molecule has 1 heterocycles. The number of piperidine rings is 1. The summed E-state index contributed by atoms with van der Waals surface area (Å²) in [7, 11) is -0.338. The van der Waals surface area contributed by atoms with Crippen molar-refractivity contribution in [3.05, 3.63) is 30.3 Å². The van der Waals surface area contributed by atoms with Crippen LogP contribution in [0.25, 0.3) is 0 Å². The van der Waals surface area contributed by atoms with E-state index in [1.807, 2.05) is 37.2 Å². The van der Waals surface area contributed by atoms with Crippen LogP contribution in [0.15, 0.2) is 30.3 Å². The lowest BCUT2D eigenvalue weighted by Gasteiger charge is -2.33. The quantitative estimate of drug-likeness (QED) is 0.806. The van der Waals surface area contributed by atoms with Crippen LogP contribution in [0, 0.1) is 5.92 Å². The SMILES string of the molecule is CB(O)N1CCCC(COc2ccccc2)C1. The molecule has 0 aliphatic carbocycles. The first-order valence-corrected chi connectivity index (χ1v) is 6.35. The minimum absolute atomic E-state index is 0.338. The van der Waals surface area contributed by atoms with E-state index in [0.717, 1.165) is 31.9 Å². The topological polar surface area (TPSA) is 32.7 Å². The van der Waals surface area contributed by atoms with Crippen LogP contribution in [0.4, 0.5) is 0 Å². The zero-order chi connectivity index (χ0) is 12.1. The van der Waals surface area contributed by atoms with E-state index >= 15 is 0 Å². The molecule has 92 valence electrons. The van der Waals surface area contributed by atoms with Gasteiger partial charge < -0.3 is 14.6 Å². The van der Waals surface area contributed by atoms with Crippen LogP contribution in [-0.4, -0.2) is 36.6 Å². The van der Waals surface area contributed by atoms with Gasteiger partial charge in [0.25, 0.3) is 0 Å². The lowest BCUT2D eigenvalue weighted by molar-refractivity contribution is 0.170. The first kappa shape index (κ1) is 12.5. The summed E-state index contributed by atoms with van der Waals surface area (Å²) < 4.78 is 5.77. The second kappa shape index (κ2) is 6.08. The van der Waals surface area contributed by atoms with Crippen molar-refractivity contribution >= 4 is 7.05 Å². The highest BCUT2D eigenvalue weighted by Gasteiger charge is 2.25. The Labute approximate surface area is 104 Å². The summed E-state index contributed by atoms with van der Waals surface area (Å²) in [6.45, 7) is 4.51. The van der Waals surface area contributed by atoms with Crippen molar-refractivity contribution in [1.82, 2.24) is 4.81 Å². The molecule has 1 atom stereocenters. The predicted octanol–water partition coefficient (Wildman–Crippen LogP) is 1.89. The molecule has 1 N–H and O–H groups in total. The van der Waals surface area contributed by atoms with E-state index < -0.39 is 0 Å². The van der Waals surface area contributed by atoms with E-state index in [-0.39, 0.29) is 7.05 Å². The van der Waals surface area contributed by atoms with Gasteiger partial charge in [0.2, 0.25) is 0 Å². The van der Waals surface area contributed by atoms with Gasteiger partial charge in [-0.25, -0.2) is 0 Å². The van der Waals surface area contributed by atoms with Gasteiger partial charge in [-0.1, -0.05) is 18.2 Å². The zero-order valence-electron chi connectivity index (χ0n) is 10.4. The van der Waals surface area contributed by atoms with Crippen LogP contribution in [-0.2, 0) is 0 Å².